The van der Waals surface area contributed by atoms with Crippen LogP contribution in [0.15, 0.2) is 36.6 Å². The first-order valence-corrected chi connectivity index (χ1v) is 3.36. The highest BCUT2D eigenvalue weighted by atomic mass is 19.1. The van der Waals surface area contributed by atoms with Crippen LogP contribution in [0.3, 0.4) is 0 Å². The van der Waals surface area contributed by atoms with E-state index in [-0.39, 0.29) is 5.82 Å². The normalized spacial score (nSPS) is 10.4. The summed E-state index contributed by atoms with van der Waals surface area (Å²) in [4.78, 5) is 0. The third-order valence-corrected chi connectivity index (χ3v) is 1.15. The molecule has 1 aromatic rings. The van der Waals surface area contributed by atoms with Crippen LogP contribution in [-0.4, -0.2) is 0 Å². The minimum Gasteiger partial charge on any atom is -0.465 e. The predicted molar refractivity (Wildman–Crippen MR) is 41.8 cm³/mol. The van der Waals surface area contributed by atoms with Crippen LogP contribution in [-0.2, 0) is 0 Å². The molecule has 0 aliphatic carbocycles. The van der Waals surface area contributed by atoms with Gasteiger partial charge in [0.1, 0.15) is 11.6 Å². The largest absolute Gasteiger partial charge is 0.465 e. The molecule has 0 aromatic heterocycles. The van der Waals surface area contributed by atoms with Crippen molar-refractivity contribution in [2.24, 2.45) is 0 Å². The lowest BCUT2D eigenvalue weighted by Gasteiger charge is -1.97. The van der Waals surface area contributed by atoms with Crippen LogP contribution >= 0.6 is 0 Å². The van der Waals surface area contributed by atoms with Crippen molar-refractivity contribution in [2.45, 2.75) is 6.92 Å². The second-order valence-corrected chi connectivity index (χ2v) is 2.04. The van der Waals surface area contributed by atoms with Crippen molar-refractivity contribution in [3.63, 3.8) is 0 Å². The molecular formula is C9H9FO. The number of hydrogen-bond acceptors (Lipinski definition) is 1. The van der Waals surface area contributed by atoms with Crippen molar-refractivity contribution >= 4 is 0 Å². The summed E-state index contributed by atoms with van der Waals surface area (Å²) in [6.45, 7) is 1.85. The molecule has 1 nitrogen and oxygen atoms in total. The lowest BCUT2D eigenvalue weighted by molar-refractivity contribution is 0.478. The SMILES string of the molecule is C/C=C\Oc1ccc(F)cc1. The first-order valence-electron chi connectivity index (χ1n) is 3.36. The molecule has 11 heavy (non-hydrogen) atoms. The van der Waals surface area contributed by atoms with Crippen LogP contribution in [0.25, 0.3) is 0 Å². The van der Waals surface area contributed by atoms with Gasteiger partial charge in [0.2, 0.25) is 0 Å². The monoisotopic (exact) mass is 152 g/mol. The van der Waals surface area contributed by atoms with E-state index in [4.69, 9.17) is 4.74 Å². The fraction of sp³-hybridized carbons (Fsp3) is 0.111. The Kier molecular flexibility index (Phi) is 2.66. The first kappa shape index (κ1) is 7.79. The molecule has 0 heterocycles. The van der Waals surface area contributed by atoms with Gasteiger partial charge in [-0.2, -0.15) is 0 Å². The van der Waals surface area contributed by atoms with E-state index >= 15 is 0 Å². The quantitative estimate of drug-likeness (QED) is 0.592. The summed E-state index contributed by atoms with van der Waals surface area (Å²) in [5.74, 6) is 0.391. The molecule has 2 heteroatoms. The molecule has 0 radical (unpaired) electrons. The molecule has 0 amide bonds. The van der Waals surface area contributed by atoms with E-state index in [1.807, 2.05) is 6.92 Å². The Balaban J connectivity index is 2.66. The molecule has 1 aromatic carbocycles. The molecule has 0 bridgehead atoms. The summed E-state index contributed by atoms with van der Waals surface area (Å²) >= 11 is 0. The van der Waals surface area contributed by atoms with Crippen molar-refractivity contribution < 1.29 is 9.13 Å². The second kappa shape index (κ2) is 3.76. The van der Waals surface area contributed by atoms with Gasteiger partial charge in [0.05, 0.1) is 6.26 Å². The van der Waals surface area contributed by atoms with Crippen molar-refractivity contribution in [1.82, 2.24) is 0 Å². The number of ether oxygens (including phenoxy) is 1. The van der Waals surface area contributed by atoms with E-state index in [1.54, 1.807) is 24.5 Å². The zero-order chi connectivity index (χ0) is 8.10. The summed E-state index contributed by atoms with van der Waals surface area (Å²) in [7, 11) is 0. The standard InChI is InChI=1S/C9H9FO/c1-2-7-11-9-5-3-8(10)4-6-9/h2-7H,1H3/b7-2-. The lowest BCUT2D eigenvalue weighted by atomic mass is 10.3. The average Bonchev–Trinajstić information content (AvgIpc) is 2.04. The van der Waals surface area contributed by atoms with E-state index in [9.17, 15) is 4.39 Å². The molecule has 58 valence electrons. The molecule has 0 aliphatic rings. The Labute approximate surface area is 65.1 Å². The van der Waals surface area contributed by atoms with Crippen LogP contribution in [0, 0.1) is 5.82 Å². The maximum absolute atomic E-state index is 12.3. The van der Waals surface area contributed by atoms with Crippen LogP contribution in [0.4, 0.5) is 4.39 Å². The minimum atomic E-state index is -0.252. The fourth-order valence-electron chi connectivity index (χ4n) is 0.660. The van der Waals surface area contributed by atoms with Gasteiger partial charge < -0.3 is 4.74 Å². The molecule has 0 atom stereocenters. The second-order valence-electron chi connectivity index (χ2n) is 2.04. The molecule has 0 spiro atoms. The van der Waals surface area contributed by atoms with Gasteiger partial charge in [-0.05, 0) is 31.2 Å². The van der Waals surface area contributed by atoms with Crippen molar-refractivity contribution in [3.05, 3.63) is 42.4 Å². The van der Waals surface area contributed by atoms with Gasteiger partial charge in [-0.15, -0.1) is 0 Å². The van der Waals surface area contributed by atoms with E-state index in [0.717, 1.165) is 0 Å². The molecule has 0 fully saturated rings. The smallest absolute Gasteiger partial charge is 0.126 e. The number of halogens is 1. The van der Waals surface area contributed by atoms with Crippen LogP contribution < -0.4 is 4.74 Å². The molecule has 0 saturated heterocycles. The van der Waals surface area contributed by atoms with E-state index in [1.165, 1.54) is 12.1 Å². The molecule has 1 rings (SSSR count). The maximum Gasteiger partial charge on any atom is 0.126 e. The summed E-state index contributed by atoms with van der Waals surface area (Å²) in [6, 6.07) is 5.88. The first-order chi connectivity index (χ1) is 5.33. The van der Waals surface area contributed by atoms with Crippen LogP contribution in [0.1, 0.15) is 6.92 Å². The Hall–Kier alpha value is -1.31. The van der Waals surface area contributed by atoms with Crippen molar-refractivity contribution in [1.29, 1.82) is 0 Å². The van der Waals surface area contributed by atoms with Crippen molar-refractivity contribution in [3.8, 4) is 5.75 Å². The van der Waals surface area contributed by atoms with Gasteiger partial charge in [-0.3, -0.25) is 0 Å². The van der Waals surface area contributed by atoms with Gasteiger partial charge in [-0.1, -0.05) is 6.08 Å². The minimum absolute atomic E-state index is 0.252. The molecular weight excluding hydrogens is 143 g/mol. The van der Waals surface area contributed by atoms with Gasteiger partial charge in [0.25, 0.3) is 0 Å². The highest BCUT2D eigenvalue weighted by Crippen LogP contribution is 2.10. The zero-order valence-electron chi connectivity index (χ0n) is 6.25. The molecule has 0 unspecified atom stereocenters. The maximum atomic E-state index is 12.3. The number of rotatable bonds is 2. The molecule has 0 aliphatic heterocycles. The van der Waals surface area contributed by atoms with Gasteiger partial charge in [-0.25, -0.2) is 4.39 Å². The molecule has 0 N–H and O–H groups in total. The third kappa shape index (κ3) is 2.42. The van der Waals surface area contributed by atoms with Gasteiger partial charge in [0, 0.05) is 0 Å². The molecule has 0 saturated carbocycles. The number of benzene rings is 1. The highest BCUT2D eigenvalue weighted by Gasteiger charge is 1.90. The summed E-state index contributed by atoms with van der Waals surface area (Å²) < 4.78 is 17.4. The Bertz CT molecular complexity index is 238. The van der Waals surface area contributed by atoms with E-state index < -0.39 is 0 Å². The van der Waals surface area contributed by atoms with Crippen LogP contribution in [0.5, 0.6) is 5.75 Å². The zero-order valence-corrected chi connectivity index (χ0v) is 6.25. The van der Waals surface area contributed by atoms with Gasteiger partial charge in [0.15, 0.2) is 0 Å². The summed E-state index contributed by atoms with van der Waals surface area (Å²) in [6.07, 6.45) is 3.32. The highest BCUT2D eigenvalue weighted by molar-refractivity contribution is 5.22. The Morgan fingerprint density at radius 2 is 1.91 bits per heavy atom. The average molecular weight is 152 g/mol. The third-order valence-electron chi connectivity index (χ3n) is 1.15. The Morgan fingerprint density at radius 1 is 1.27 bits per heavy atom. The Morgan fingerprint density at radius 3 is 2.45 bits per heavy atom. The van der Waals surface area contributed by atoms with E-state index in [0.29, 0.717) is 5.75 Å². The predicted octanol–water partition coefficient (Wildman–Crippen LogP) is 2.74. The lowest BCUT2D eigenvalue weighted by Crippen LogP contribution is -1.80. The van der Waals surface area contributed by atoms with Crippen molar-refractivity contribution in [2.75, 3.05) is 0 Å². The van der Waals surface area contributed by atoms with Crippen LogP contribution in [0.2, 0.25) is 0 Å². The topological polar surface area (TPSA) is 9.23 Å². The number of hydrogen-bond donors (Lipinski definition) is 0. The summed E-state index contributed by atoms with van der Waals surface area (Å²) in [5, 5.41) is 0. The number of allylic oxidation sites excluding steroid dienone is 1. The summed E-state index contributed by atoms with van der Waals surface area (Å²) in [5.41, 5.74) is 0. The van der Waals surface area contributed by atoms with E-state index in [2.05, 4.69) is 0 Å². The fourth-order valence-corrected chi connectivity index (χ4v) is 0.660. The van der Waals surface area contributed by atoms with Gasteiger partial charge >= 0.3 is 0 Å².